The monoisotopic (exact) mass is 402 g/mol. The van der Waals surface area contributed by atoms with Gasteiger partial charge in [0.05, 0.1) is 11.2 Å². The van der Waals surface area contributed by atoms with Crippen molar-refractivity contribution in [3.63, 3.8) is 0 Å². The maximum Gasteiger partial charge on any atom is 0.341 e. The van der Waals surface area contributed by atoms with E-state index in [1.807, 2.05) is 26.0 Å². The maximum atomic E-state index is 14.8. The van der Waals surface area contributed by atoms with Gasteiger partial charge in [0.25, 0.3) is 0 Å². The first kappa shape index (κ1) is 19.9. The van der Waals surface area contributed by atoms with Crippen molar-refractivity contribution in [3.05, 3.63) is 74.8 Å². The quantitative estimate of drug-likeness (QED) is 0.671. The second kappa shape index (κ2) is 7.64. The smallest absolute Gasteiger partial charge is 0.341 e. The molecule has 0 atom stereocenters. The fourth-order valence-corrected chi connectivity index (χ4v) is 3.31. The first-order valence-electron chi connectivity index (χ1n) is 8.76. The first-order chi connectivity index (χ1) is 13.2. The summed E-state index contributed by atoms with van der Waals surface area (Å²) in [7, 11) is 1.75. The first-order valence-corrected chi connectivity index (χ1v) is 9.14. The Balaban J connectivity index is 2.14. The Labute approximate surface area is 166 Å². The summed E-state index contributed by atoms with van der Waals surface area (Å²) in [4.78, 5) is 25.7. The van der Waals surface area contributed by atoms with Gasteiger partial charge in [0.1, 0.15) is 11.4 Å². The molecule has 0 radical (unpaired) electrons. The summed E-state index contributed by atoms with van der Waals surface area (Å²) >= 11 is 5.90. The van der Waals surface area contributed by atoms with Crippen molar-refractivity contribution in [3.8, 4) is 0 Å². The van der Waals surface area contributed by atoms with Crippen LogP contribution in [0.1, 0.15) is 35.8 Å². The van der Waals surface area contributed by atoms with E-state index in [-0.39, 0.29) is 17.0 Å². The highest BCUT2D eigenvalue weighted by Gasteiger charge is 2.19. The largest absolute Gasteiger partial charge is 0.477 e. The number of hydrogen-bond acceptors (Lipinski definition) is 3. The molecule has 7 heteroatoms. The Bertz CT molecular complexity index is 1110. The summed E-state index contributed by atoms with van der Waals surface area (Å²) in [6, 6.07) is 9.86. The minimum absolute atomic E-state index is 0.0507. The molecule has 0 aliphatic heterocycles. The number of anilines is 1. The van der Waals surface area contributed by atoms with Gasteiger partial charge in [0, 0.05) is 36.2 Å². The third-order valence-corrected chi connectivity index (χ3v) is 4.88. The highest BCUT2D eigenvalue weighted by Crippen LogP contribution is 2.27. The molecule has 0 spiro atoms. The third kappa shape index (κ3) is 3.73. The number of carboxylic acids is 1. The molecule has 0 bridgehead atoms. The number of rotatable bonds is 5. The van der Waals surface area contributed by atoms with Crippen molar-refractivity contribution < 1.29 is 14.3 Å². The van der Waals surface area contributed by atoms with E-state index in [4.69, 9.17) is 11.6 Å². The summed E-state index contributed by atoms with van der Waals surface area (Å²) in [5, 5.41) is 9.98. The van der Waals surface area contributed by atoms with E-state index < -0.39 is 17.2 Å². The SMILES string of the molecule is CC(C)n1cc(C(=O)O)c(=O)c2cc(F)c(N(C)Cc3ccc(Cl)cc3)cc21. The molecule has 1 aromatic heterocycles. The number of aromatic carboxylic acids is 1. The number of nitrogens with zero attached hydrogens (tertiary/aromatic N) is 2. The summed E-state index contributed by atoms with van der Waals surface area (Å²) in [5.74, 6) is -1.91. The van der Waals surface area contributed by atoms with Crippen molar-refractivity contribution in [2.75, 3.05) is 11.9 Å². The summed E-state index contributed by atoms with van der Waals surface area (Å²) in [6.45, 7) is 4.19. The van der Waals surface area contributed by atoms with Gasteiger partial charge >= 0.3 is 5.97 Å². The molecule has 28 heavy (non-hydrogen) atoms. The number of carbonyl (C=O) groups is 1. The third-order valence-electron chi connectivity index (χ3n) is 4.63. The molecule has 146 valence electrons. The van der Waals surface area contributed by atoms with Crippen LogP contribution in [-0.4, -0.2) is 22.7 Å². The zero-order chi connectivity index (χ0) is 20.6. The van der Waals surface area contributed by atoms with E-state index in [0.29, 0.717) is 22.8 Å². The fourth-order valence-electron chi connectivity index (χ4n) is 3.18. The minimum atomic E-state index is -1.33. The molecule has 3 rings (SSSR count). The van der Waals surface area contributed by atoms with E-state index in [1.54, 1.807) is 34.7 Å². The molecule has 0 amide bonds. The number of pyridine rings is 1. The normalized spacial score (nSPS) is 11.2. The zero-order valence-corrected chi connectivity index (χ0v) is 16.5. The molecule has 0 saturated carbocycles. The molecule has 1 N–H and O–H groups in total. The predicted octanol–water partition coefficient (Wildman–Crippen LogP) is 4.71. The Morgan fingerprint density at radius 2 is 1.89 bits per heavy atom. The number of halogens is 2. The Morgan fingerprint density at radius 3 is 2.46 bits per heavy atom. The molecule has 2 aromatic carbocycles. The van der Waals surface area contributed by atoms with Crippen LogP contribution in [-0.2, 0) is 6.54 Å². The van der Waals surface area contributed by atoms with Gasteiger partial charge in [-0.2, -0.15) is 0 Å². The Hall–Kier alpha value is -2.86. The van der Waals surface area contributed by atoms with Crippen LogP contribution in [0.15, 0.2) is 47.4 Å². The molecule has 1 heterocycles. The van der Waals surface area contributed by atoms with Crippen molar-refractivity contribution in [1.82, 2.24) is 4.57 Å². The highest BCUT2D eigenvalue weighted by molar-refractivity contribution is 6.30. The number of fused-ring (bicyclic) bond motifs is 1. The zero-order valence-electron chi connectivity index (χ0n) is 15.7. The summed E-state index contributed by atoms with van der Waals surface area (Å²) < 4.78 is 16.5. The number of aromatic nitrogens is 1. The van der Waals surface area contributed by atoms with E-state index in [1.165, 1.54) is 6.20 Å². The highest BCUT2D eigenvalue weighted by atomic mass is 35.5. The van der Waals surface area contributed by atoms with Gasteiger partial charge in [-0.25, -0.2) is 9.18 Å². The van der Waals surface area contributed by atoms with Crippen molar-refractivity contribution >= 4 is 34.2 Å². The van der Waals surface area contributed by atoms with Crippen LogP contribution in [0.2, 0.25) is 5.02 Å². The molecular formula is C21H20ClFN2O3. The molecular weight excluding hydrogens is 383 g/mol. The van der Waals surface area contributed by atoms with Crippen molar-refractivity contribution in [2.45, 2.75) is 26.4 Å². The van der Waals surface area contributed by atoms with Gasteiger partial charge in [-0.3, -0.25) is 4.79 Å². The predicted molar refractivity (Wildman–Crippen MR) is 109 cm³/mol. The molecule has 0 aliphatic carbocycles. The van der Waals surface area contributed by atoms with Crippen molar-refractivity contribution in [2.24, 2.45) is 0 Å². The van der Waals surface area contributed by atoms with Crippen LogP contribution in [0.25, 0.3) is 10.9 Å². The fraction of sp³-hybridized carbons (Fsp3) is 0.238. The summed E-state index contributed by atoms with van der Waals surface area (Å²) in [5.41, 5.74) is 0.700. The molecule has 0 unspecified atom stereocenters. The lowest BCUT2D eigenvalue weighted by Crippen LogP contribution is -2.22. The van der Waals surface area contributed by atoms with Crippen LogP contribution in [0.5, 0.6) is 0 Å². The molecule has 0 fully saturated rings. The van der Waals surface area contributed by atoms with Gasteiger partial charge in [-0.15, -0.1) is 0 Å². The van der Waals surface area contributed by atoms with Crippen molar-refractivity contribution in [1.29, 1.82) is 0 Å². The van der Waals surface area contributed by atoms with E-state index in [9.17, 15) is 19.1 Å². The van der Waals surface area contributed by atoms with E-state index >= 15 is 0 Å². The molecule has 0 saturated heterocycles. The van der Waals surface area contributed by atoms with Crippen LogP contribution in [0, 0.1) is 5.82 Å². The number of benzene rings is 2. The topological polar surface area (TPSA) is 62.5 Å². The van der Waals surface area contributed by atoms with Gasteiger partial charge in [-0.05, 0) is 43.7 Å². The van der Waals surface area contributed by atoms with E-state index in [0.717, 1.165) is 11.6 Å². The van der Waals surface area contributed by atoms with Gasteiger partial charge in [-0.1, -0.05) is 23.7 Å². The van der Waals surface area contributed by atoms with Crippen LogP contribution >= 0.6 is 11.6 Å². The summed E-state index contributed by atoms with van der Waals surface area (Å²) in [6.07, 6.45) is 1.32. The average molecular weight is 403 g/mol. The van der Waals surface area contributed by atoms with Gasteiger partial charge in [0.15, 0.2) is 0 Å². The van der Waals surface area contributed by atoms with Gasteiger partial charge < -0.3 is 14.6 Å². The molecule has 5 nitrogen and oxygen atoms in total. The minimum Gasteiger partial charge on any atom is -0.477 e. The number of carboxylic acid groups (broad SMARTS) is 1. The van der Waals surface area contributed by atoms with Gasteiger partial charge in [0.2, 0.25) is 5.43 Å². The van der Waals surface area contributed by atoms with Crippen LogP contribution in [0.4, 0.5) is 10.1 Å². The molecule has 0 aliphatic rings. The van der Waals surface area contributed by atoms with Crippen LogP contribution < -0.4 is 10.3 Å². The average Bonchev–Trinajstić information content (AvgIpc) is 2.63. The second-order valence-corrected chi connectivity index (χ2v) is 7.42. The molecule has 3 aromatic rings. The number of hydrogen-bond donors (Lipinski definition) is 1. The lowest BCUT2D eigenvalue weighted by Gasteiger charge is -2.23. The van der Waals surface area contributed by atoms with E-state index in [2.05, 4.69) is 0 Å². The Morgan fingerprint density at radius 1 is 1.25 bits per heavy atom. The second-order valence-electron chi connectivity index (χ2n) is 6.98. The van der Waals surface area contributed by atoms with Crippen LogP contribution in [0.3, 0.4) is 0 Å². The Kier molecular flexibility index (Phi) is 5.42. The standard InChI is InChI=1S/C21H20ClFN2O3/c1-12(2)25-11-16(21(27)28)20(26)15-8-17(23)19(9-18(15)25)24(3)10-13-4-6-14(22)7-5-13/h4-9,11-12H,10H2,1-3H3,(H,27,28). The lowest BCUT2D eigenvalue weighted by atomic mass is 10.1. The maximum absolute atomic E-state index is 14.8. The lowest BCUT2D eigenvalue weighted by molar-refractivity contribution is 0.0694.